The van der Waals surface area contributed by atoms with E-state index in [1.54, 1.807) is 0 Å². The number of halogens is 2. The lowest BCUT2D eigenvalue weighted by molar-refractivity contribution is 0.141. The van der Waals surface area contributed by atoms with E-state index in [9.17, 15) is 0 Å². The Kier molecular flexibility index (Phi) is 11.6. The van der Waals surface area contributed by atoms with Crippen molar-refractivity contribution < 1.29 is 4.74 Å². The van der Waals surface area contributed by atoms with Crippen LogP contribution >= 0.6 is 24.8 Å². The van der Waals surface area contributed by atoms with Crippen molar-refractivity contribution >= 4 is 24.8 Å². The van der Waals surface area contributed by atoms with Crippen molar-refractivity contribution in [3.05, 3.63) is 29.8 Å². The Hall–Kier alpha value is -0.520. The van der Waals surface area contributed by atoms with Crippen molar-refractivity contribution in [2.24, 2.45) is 5.73 Å². The predicted molar refractivity (Wildman–Crippen MR) is 114 cm³/mol. The van der Waals surface area contributed by atoms with E-state index in [-0.39, 0.29) is 24.8 Å². The summed E-state index contributed by atoms with van der Waals surface area (Å²) < 4.78 is 6.15. The summed E-state index contributed by atoms with van der Waals surface area (Å²) in [5.74, 6) is 1.05. The normalized spacial score (nSPS) is 21.5. The lowest BCUT2D eigenvalue weighted by atomic mass is 10.0. The van der Waals surface area contributed by atoms with Gasteiger partial charge in [-0.25, -0.2) is 0 Å². The van der Waals surface area contributed by atoms with Crippen LogP contribution in [0, 0.1) is 0 Å². The zero-order valence-corrected chi connectivity index (χ0v) is 17.4. The minimum atomic E-state index is 0. The molecule has 2 aliphatic rings. The molecule has 1 atom stereocenters. The van der Waals surface area contributed by atoms with Crippen molar-refractivity contribution in [3.63, 3.8) is 0 Å². The van der Waals surface area contributed by atoms with E-state index >= 15 is 0 Å². The highest BCUT2D eigenvalue weighted by atomic mass is 35.5. The fraction of sp³-hybridized carbons (Fsp3) is 0.700. The van der Waals surface area contributed by atoms with Crippen LogP contribution < -0.4 is 10.5 Å². The molecule has 0 amide bonds. The summed E-state index contributed by atoms with van der Waals surface area (Å²) in [6, 6.07) is 9.05. The third-order valence-corrected chi connectivity index (χ3v) is 5.48. The first-order valence-electron chi connectivity index (χ1n) is 9.74. The number of nitrogens with zero attached hydrogens (tertiary/aromatic N) is 2. The second-order valence-corrected chi connectivity index (χ2v) is 7.21. The Morgan fingerprint density at radius 2 is 1.69 bits per heavy atom. The van der Waals surface area contributed by atoms with Gasteiger partial charge in [0, 0.05) is 31.2 Å². The number of ether oxygens (including phenoxy) is 1. The molecule has 0 saturated carbocycles. The minimum absolute atomic E-state index is 0. The Bertz CT molecular complexity index is 498. The largest absolute Gasteiger partial charge is 0.492 e. The Morgan fingerprint density at radius 3 is 2.46 bits per heavy atom. The molecule has 0 radical (unpaired) electrons. The molecule has 4 nitrogen and oxygen atoms in total. The van der Waals surface area contributed by atoms with Gasteiger partial charge in [-0.05, 0) is 51.4 Å². The topological polar surface area (TPSA) is 41.7 Å². The molecule has 6 heteroatoms. The van der Waals surface area contributed by atoms with Crippen molar-refractivity contribution in [1.82, 2.24) is 9.80 Å². The maximum Gasteiger partial charge on any atom is 0.123 e. The zero-order valence-electron chi connectivity index (χ0n) is 15.8. The lowest BCUT2D eigenvalue weighted by Crippen LogP contribution is -2.43. The van der Waals surface area contributed by atoms with Crippen LogP contribution in [0.4, 0.5) is 0 Å². The zero-order chi connectivity index (χ0) is 16.6. The highest BCUT2D eigenvalue weighted by molar-refractivity contribution is 5.85. The van der Waals surface area contributed by atoms with Crippen LogP contribution in [0.1, 0.15) is 44.1 Å². The first-order valence-corrected chi connectivity index (χ1v) is 9.74. The molecule has 2 heterocycles. The molecule has 1 aromatic rings. The number of rotatable bonds is 7. The molecule has 2 fully saturated rings. The molecule has 1 aromatic carbocycles. The molecule has 2 aliphatic heterocycles. The van der Waals surface area contributed by atoms with E-state index in [0.29, 0.717) is 6.04 Å². The maximum absolute atomic E-state index is 6.15. The summed E-state index contributed by atoms with van der Waals surface area (Å²) in [5, 5.41) is 0. The van der Waals surface area contributed by atoms with Crippen LogP contribution in [-0.2, 0) is 6.54 Å². The van der Waals surface area contributed by atoms with Gasteiger partial charge in [-0.15, -0.1) is 24.8 Å². The smallest absolute Gasteiger partial charge is 0.123 e. The van der Waals surface area contributed by atoms with Crippen LogP contribution in [0.2, 0.25) is 0 Å². The van der Waals surface area contributed by atoms with Crippen molar-refractivity contribution in [2.45, 2.75) is 51.1 Å². The van der Waals surface area contributed by atoms with Gasteiger partial charge in [-0.1, -0.05) is 31.0 Å². The summed E-state index contributed by atoms with van der Waals surface area (Å²) in [4.78, 5) is 5.07. The van der Waals surface area contributed by atoms with E-state index < -0.39 is 0 Å². The third kappa shape index (κ3) is 6.90. The SMILES string of the molecule is Cl.Cl.NCC1CCCCN1Cc1ccccc1OCCN1CCCCC1. The van der Waals surface area contributed by atoms with E-state index in [1.165, 1.54) is 57.2 Å². The van der Waals surface area contributed by atoms with Gasteiger partial charge < -0.3 is 10.5 Å². The van der Waals surface area contributed by atoms with Gasteiger partial charge in [0.25, 0.3) is 0 Å². The highest BCUT2D eigenvalue weighted by Gasteiger charge is 2.22. The number of para-hydroxylation sites is 1. The fourth-order valence-corrected chi connectivity index (χ4v) is 4.00. The molecule has 2 N–H and O–H groups in total. The van der Waals surface area contributed by atoms with Crippen LogP contribution in [-0.4, -0.2) is 55.2 Å². The van der Waals surface area contributed by atoms with Crippen LogP contribution in [0.25, 0.3) is 0 Å². The van der Waals surface area contributed by atoms with Crippen molar-refractivity contribution in [3.8, 4) is 5.75 Å². The Balaban J connectivity index is 0.00000169. The number of benzene rings is 1. The third-order valence-electron chi connectivity index (χ3n) is 5.48. The minimum Gasteiger partial charge on any atom is -0.492 e. The summed E-state index contributed by atoms with van der Waals surface area (Å²) >= 11 is 0. The number of piperidine rings is 2. The second-order valence-electron chi connectivity index (χ2n) is 7.21. The first-order chi connectivity index (χ1) is 11.9. The fourth-order valence-electron chi connectivity index (χ4n) is 4.00. The molecule has 26 heavy (non-hydrogen) atoms. The average Bonchev–Trinajstić information content (AvgIpc) is 2.64. The van der Waals surface area contributed by atoms with Gasteiger partial charge >= 0.3 is 0 Å². The summed E-state index contributed by atoms with van der Waals surface area (Å²) in [7, 11) is 0. The van der Waals surface area contributed by atoms with Crippen LogP contribution in [0.3, 0.4) is 0 Å². The lowest BCUT2D eigenvalue weighted by Gasteiger charge is -2.35. The van der Waals surface area contributed by atoms with Gasteiger partial charge in [0.05, 0.1) is 0 Å². The number of likely N-dealkylation sites (tertiary alicyclic amines) is 2. The van der Waals surface area contributed by atoms with Gasteiger partial charge in [-0.2, -0.15) is 0 Å². The van der Waals surface area contributed by atoms with Crippen LogP contribution in [0.5, 0.6) is 5.75 Å². The molecular weight excluding hydrogens is 369 g/mol. The molecule has 0 spiro atoms. The summed E-state index contributed by atoms with van der Waals surface area (Å²) in [5.41, 5.74) is 7.27. The highest BCUT2D eigenvalue weighted by Crippen LogP contribution is 2.24. The monoisotopic (exact) mass is 403 g/mol. The number of hydrogen-bond acceptors (Lipinski definition) is 4. The van der Waals surface area contributed by atoms with Gasteiger partial charge in [0.1, 0.15) is 12.4 Å². The average molecular weight is 404 g/mol. The Labute approximate surface area is 171 Å². The van der Waals surface area contributed by atoms with Crippen molar-refractivity contribution in [2.75, 3.05) is 39.3 Å². The quantitative estimate of drug-likeness (QED) is 0.753. The standard InChI is InChI=1S/C20H33N3O.2ClH/c21-16-19-9-4-7-13-23(19)17-18-8-2-3-10-20(18)24-15-14-22-11-5-1-6-12-22;;/h2-3,8,10,19H,1,4-7,9,11-17,21H2;2*1H. The van der Waals surface area contributed by atoms with Crippen molar-refractivity contribution in [1.29, 1.82) is 0 Å². The molecule has 2 saturated heterocycles. The molecule has 0 aliphatic carbocycles. The summed E-state index contributed by atoms with van der Waals surface area (Å²) in [6.45, 7) is 7.18. The van der Waals surface area contributed by atoms with Gasteiger partial charge in [0.15, 0.2) is 0 Å². The number of hydrogen-bond donors (Lipinski definition) is 1. The maximum atomic E-state index is 6.15. The summed E-state index contributed by atoms with van der Waals surface area (Å²) in [6.07, 6.45) is 7.89. The van der Waals surface area contributed by atoms with E-state index in [2.05, 4.69) is 34.1 Å². The molecule has 150 valence electrons. The molecular formula is C20H35Cl2N3O. The van der Waals surface area contributed by atoms with Gasteiger partial charge in [-0.3, -0.25) is 9.80 Å². The second kappa shape index (κ2) is 12.8. The molecule has 1 unspecified atom stereocenters. The first kappa shape index (κ1) is 23.5. The van der Waals surface area contributed by atoms with E-state index in [0.717, 1.165) is 38.5 Å². The van der Waals surface area contributed by atoms with Crippen LogP contribution in [0.15, 0.2) is 24.3 Å². The number of nitrogens with two attached hydrogens (primary N) is 1. The Morgan fingerprint density at radius 1 is 0.962 bits per heavy atom. The molecule has 0 aromatic heterocycles. The van der Waals surface area contributed by atoms with Gasteiger partial charge in [0.2, 0.25) is 0 Å². The van der Waals surface area contributed by atoms with E-state index in [4.69, 9.17) is 10.5 Å². The predicted octanol–water partition coefficient (Wildman–Crippen LogP) is 3.71. The molecule has 0 bridgehead atoms. The molecule has 3 rings (SSSR count). The van der Waals surface area contributed by atoms with E-state index in [1.807, 2.05) is 0 Å².